The molecule has 0 radical (unpaired) electrons. The standard InChI is InChI=1S/C25H17ClF4N2/c1-25(2,23-5-3-4-21(31-23)17-8-6-15(27)12-19(17)29)24-11-14(26)10-22(32-24)18-9-7-16(28)13-20(18)30/h3-13H,1-2H3. The van der Waals surface area contributed by atoms with E-state index in [1.807, 2.05) is 13.8 Å². The van der Waals surface area contributed by atoms with E-state index in [4.69, 9.17) is 11.6 Å². The first-order valence-electron chi connectivity index (χ1n) is 9.71. The number of hydrogen-bond acceptors (Lipinski definition) is 2. The van der Waals surface area contributed by atoms with Crippen LogP contribution in [0.3, 0.4) is 0 Å². The molecular weight excluding hydrogens is 440 g/mol. The van der Waals surface area contributed by atoms with Crippen LogP contribution >= 0.6 is 11.6 Å². The number of pyridine rings is 2. The van der Waals surface area contributed by atoms with Gasteiger partial charge in [-0.2, -0.15) is 0 Å². The average Bonchev–Trinajstić information content (AvgIpc) is 2.73. The molecule has 2 nitrogen and oxygen atoms in total. The molecule has 0 fully saturated rings. The lowest BCUT2D eigenvalue weighted by atomic mass is 9.84. The molecular formula is C25H17ClF4N2. The average molecular weight is 457 g/mol. The van der Waals surface area contributed by atoms with Crippen LogP contribution in [0.25, 0.3) is 22.5 Å². The first kappa shape index (κ1) is 22.0. The van der Waals surface area contributed by atoms with Gasteiger partial charge < -0.3 is 0 Å². The second-order valence-electron chi connectivity index (χ2n) is 7.84. The van der Waals surface area contributed by atoms with Crippen molar-refractivity contribution in [3.8, 4) is 22.5 Å². The monoisotopic (exact) mass is 456 g/mol. The van der Waals surface area contributed by atoms with Gasteiger partial charge in [-0.05, 0) is 62.4 Å². The maximum atomic E-state index is 14.3. The third-order valence-corrected chi connectivity index (χ3v) is 5.45. The zero-order chi connectivity index (χ0) is 23.0. The largest absolute Gasteiger partial charge is 0.252 e. The van der Waals surface area contributed by atoms with Crippen LogP contribution in [-0.4, -0.2) is 9.97 Å². The molecule has 2 heterocycles. The summed E-state index contributed by atoms with van der Waals surface area (Å²) in [6.45, 7) is 3.70. The van der Waals surface area contributed by atoms with Crippen LogP contribution in [0.1, 0.15) is 25.2 Å². The van der Waals surface area contributed by atoms with Crippen LogP contribution < -0.4 is 0 Å². The zero-order valence-electron chi connectivity index (χ0n) is 17.1. The highest BCUT2D eigenvalue weighted by atomic mass is 35.5. The van der Waals surface area contributed by atoms with Crippen molar-refractivity contribution in [1.29, 1.82) is 0 Å². The van der Waals surface area contributed by atoms with E-state index in [0.717, 1.165) is 18.2 Å². The van der Waals surface area contributed by atoms with Crippen molar-refractivity contribution in [3.63, 3.8) is 0 Å². The fourth-order valence-corrected chi connectivity index (χ4v) is 3.62. The van der Waals surface area contributed by atoms with E-state index in [2.05, 4.69) is 9.97 Å². The topological polar surface area (TPSA) is 25.8 Å². The molecule has 0 aliphatic carbocycles. The van der Waals surface area contributed by atoms with Gasteiger partial charge in [-0.1, -0.05) is 17.7 Å². The molecule has 0 bridgehead atoms. The molecule has 0 unspecified atom stereocenters. The molecule has 0 aliphatic rings. The molecule has 0 saturated heterocycles. The van der Waals surface area contributed by atoms with Crippen LogP contribution in [0, 0.1) is 23.3 Å². The van der Waals surface area contributed by atoms with Gasteiger partial charge in [0.1, 0.15) is 23.3 Å². The van der Waals surface area contributed by atoms with Gasteiger partial charge in [0.15, 0.2) is 0 Å². The van der Waals surface area contributed by atoms with E-state index in [1.54, 1.807) is 24.3 Å². The predicted molar refractivity (Wildman–Crippen MR) is 116 cm³/mol. The summed E-state index contributed by atoms with van der Waals surface area (Å²) in [5, 5.41) is 0.322. The molecule has 162 valence electrons. The summed E-state index contributed by atoms with van der Waals surface area (Å²) in [7, 11) is 0. The highest BCUT2D eigenvalue weighted by Crippen LogP contribution is 2.34. The van der Waals surface area contributed by atoms with Crippen molar-refractivity contribution in [2.75, 3.05) is 0 Å². The maximum absolute atomic E-state index is 14.3. The molecule has 0 atom stereocenters. The highest BCUT2D eigenvalue weighted by molar-refractivity contribution is 6.30. The van der Waals surface area contributed by atoms with Crippen molar-refractivity contribution < 1.29 is 17.6 Å². The molecule has 2 aromatic heterocycles. The Morgan fingerprint density at radius 3 is 1.81 bits per heavy atom. The van der Waals surface area contributed by atoms with E-state index < -0.39 is 28.7 Å². The van der Waals surface area contributed by atoms with Crippen LogP contribution in [0.5, 0.6) is 0 Å². The SMILES string of the molecule is CC(C)(c1cccc(-c2ccc(F)cc2F)n1)c1cc(Cl)cc(-c2ccc(F)cc2F)n1. The van der Waals surface area contributed by atoms with Gasteiger partial charge >= 0.3 is 0 Å². The summed E-state index contributed by atoms with van der Waals surface area (Å²) in [5.41, 5.74) is 1.10. The third-order valence-electron chi connectivity index (χ3n) is 5.23. The molecule has 0 amide bonds. The van der Waals surface area contributed by atoms with Gasteiger partial charge in [0.2, 0.25) is 0 Å². The first-order valence-corrected chi connectivity index (χ1v) is 10.1. The van der Waals surface area contributed by atoms with Crippen molar-refractivity contribution >= 4 is 11.6 Å². The van der Waals surface area contributed by atoms with E-state index >= 15 is 0 Å². The van der Waals surface area contributed by atoms with Gasteiger partial charge in [0.05, 0.1) is 22.8 Å². The minimum Gasteiger partial charge on any atom is -0.252 e. The van der Waals surface area contributed by atoms with Gasteiger partial charge in [0, 0.05) is 33.7 Å². The minimum absolute atomic E-state index is 0.112. The van der Waals surface area contributed by atoms with Crippen LogP contribution in [0.4, 0.5) is 17.6 Å². The molecule has 0 spiro atoms. The molecule has 0 saturated carbocycles. The summed E-state index contributed by atoms with van der Waals surface area (Å²) < 4.78 is 55.2. The van der Waals surface area contributed by atoms with Crippen molar-refractivity contribution in [2.24, 2.45) is 0 Å². The van der Waals surface area contributed by atoms with E-state index in [1.165, 1.54) is 24.3 Å². The Morgan fingerprint density at radius 1 is 0.656 bits per heavy atom. The summed E-state index contributed by atoms with van der Waals surface area (Å²) >= 11 is 6.30. The summed E-state index contributed by atoms with van der Waals surface area (Å²) in [6, 6.07) is 14.8. The fourth-order valence-electron chi connectivity index (χ4n) is 3.41. The number of benzene rings is 2. The molecule has 4 aromatic rings. The van der Waals surface area contributed by atoms with Gasteiger partial charge in [-0.3, -0.25) is 9.97 Å². The van der Waals surface area contributed by atoms with E-state index in [0.29, 0.717) is 22.1 Å². The fraction of sp³-hybridized carbons (Fsp3) is 0.120. The molecule has 2 aromatic carbocycles. The molecule has 0 aliphatic heterocycles. The molecule has 32 heavy (non-hydrogen) atoms. The smallest absolute Gasteiger partial charge is 0.135 e. The Hall–Kier alpha value is -3.25. The number of nitrogens with zero attached hydrogens (tertiary/aromatic N) is 2. The summed E-state index contributed by atoms with van der Waals surface area (Å²) in [6.07, 6.45) is 0. The Bertz CT molecular complexity index is 1320. The van der Waals surface area contributed by atoms with Crippen molar-refractivity contribution in [3.05, 3.63) is 106 Å². The molecule has 0 N–H and O–H groups in total. The van der Waals surface area contributed by atoms with E-state index in [9.17, 15) is 17.6 Å². The first-order chi connectivity index (χ1) is 15.1. The van der Waals surface area contributed by atoms with Gasteiger partial charge in [-0.25, -0.2) is 17.6 Å². The second-order valence-corrected chi connectivity index (χ2v) is 8.27. The van der Waals surface area contributed by atoms with Crippen LogP contribution in [0.2, 0.25) is 5.02 Å². The number of hydrogen-bond donors (Lipinski definition) is 0. The summed E-state index contributed by atoms with van der Waals surface area (Å²) in [4.78, 5) is 9.14. The molecule has 7 heteroatoms. The molecule has 4 rings (SSSR count). The predicted octanol–water partition coefficient (Wildman–Crippen LogP) is 7.35. The lowest BCUT2D eigenvalue weighted by Gasteiger charge is -2.25. The lowest BCUT2D eigenvalue weighted by molar-refractivity contribution is 0.582. The second kappa shape index (κ2) is 8.36. The number of halogens is 5. The van der Waals surface area contributed by atoms with Gasteiger partial charge in [0.25, 0.3) is 0 Å². The van der Waals surface area contributed by atoms with E-state index in [-0.39, 0.29) is 16.8 Å². The van der Waals surface area contributed by atoms with Crippen LogP contribution in [-0.2, 0) is 5.41 Å². The lowest BCUT2D eigenvalue weighted by Crippen LogP contribution is -2.22. The quantitative estimate of drug-likeness (QED) is 0.300. The normalized spacial score (nSPS) is 11.6. The van der Waals surface area contributed by atoms with Crippen molar-refractivity contribution in [2.45, 2.75) is 19.3 Å². The maximum Gasteiger partial charge on any atom is 0.135 e. The summed E-state index contributed by atoms with van der Waals surface area (Å²) in [5.74, 6) is -2.84. The number of aromatic nitrogens is 2. The van der Waals surface area contributed by atoms with Crippen molar-refractivity contribution in [1.82, 2.24) is 9.97 Å². The minimum atomic E-state index is -0.803. The zero-order valence-corrected chi connectivity index (χ0v) is 17.9. The third kappa shape index (κ3) is 4.23. The van der Waals surface area contributed by atoms with Crippen LogP contribution in [0.15, 0.2) is 66.7 Å². The Kier molecular flexibility index (Phi) is 5.73. The number of rotatable bonds is 4. The Balaban J connectivity index is 1.79. The Labute approximate surface area is 187 Å². The highest BCUT2D eigenvalue weighted by Gasteiger charge is 2.28. The van der Waals surface area contributed by atoms with Gasteiger partial charge in [-0.15, -0.1) is 0 Å². The Morgan fingerprint density at radius 2 is 1.22 bits per heavy atom.